The number of nitrogens with zero attached hydrogens (tertiary/aromatic N) is 4. The predicted molar refractivity (Wildman–Crippen MR) is 118 cm³/mol. The Morgan fingerprint density at radius 1 is 1.30 bits per heavy atom. The van der Waals surface area contributed by atoms with Gasteiger partial charge in [-0.25, -0.2) is 9.98 Å². The number of hydrogen-bond donors (Lipinski definition) is 1. The number of nitrogens with one attached hydrogen (secondary N) is 1. The number of halogens is 1. The van der Waals surface area contributed by atoms with E-state index in [-0.39, 0.29) is 29.4 Å². The molecule has 8 heteroatoms. The van der Waals surface area contributed by atoms with Crippen LogP contribution in [0.5, 0.6) is 0 Å². The first kappa shape index (κ1) is 22.4. The van der Waals surface area contributed by atoms with Crippen LogP contribution in [0.3, 0.4) is 0 Å². The zero-order chi connectivity index (χ0) is 18.6. The van der Waals surface area contributed by atoms with Crippen LogP contribution in [0.15, 0.2) is 15.6 Å². The smallest absolute Gasteiger partial charge is 0.216 e. The molecule has 1 unspecified atom stereocenters. The van der Waals surface area contributed by atoms with Crippen molar-refractivity contribution >= 4 is 29.9 Å². The van der Waals surface area contributed by atoms with Crippen LogP contribution in [0, 0.1) is 0 Å². The third-order valence-corrected chi connectivity index (χ3v) is 5.02. The third kappa shape index (κ3) is 6.05. The lowest BCUT2D eigenvalue weighted by molar-refractivity contribution is 0.0195. The summed E-state index contributed by atoms with van der Waals surface area (Å²) in [6.45, 7) is 15.6. The molecule has 1 aromatic rings. The first-order valence-corrected chi connectivity index (χ1v) is 9.77. The summed E-state index contributed by atoms with van der Waals surface area (Å²) in [5.41, 5.74) is -0.0280. The van der Waals surface area contributed by atoms with E-state index in [0.717, 1.165) is 57.7 Å². The summed E-state index contributed by atoms with van der Waals surface area (Å²) >= 11 is 0. The zero-order valence-corrected chi connectivity index (χ0v) is 19.4. The highest BCUT2D eigenvalue weighted by Crippen LogP contribution is 2.23. The molecule has 2 fully saturated rings. The van der Waals surface area contributed by atoms with Crippen LogP contribution in [-0.2, 0) is 16.7 Å². The molecular formula is C19H34IN5O2. The van der Waals surface area contributed by atoms with E-state index >= 15 is 0 Å². The van der Waals surface area contributed by atoms with Crippen molar-refractivity contribution in [3.63, 3.8) is 0 Å². The molecule has 0 aromatic carbocycles. The Labute approximate surface area is 179 Å². The van der Waals surface area contributed by atoms with Crippen LogP contribution >= 0.6 is 24.0 Å². The van der Waals surface area contributed by atoms with E-state index in [1.807, 2.05) is 6.20 Å². The number of oxazole rings is 1. The molecular weight excluding hydrogens is 457 g/mol. The van der Waals surface area contributed by atoms with Crippen LogP contribution in [0.1, 0.15) is 45.8 Å². The lowest BCUT2D eigenvalue weighted by Crippen LogP contribution is -2.46. The normalized spacial score (nSPS) is 22.0. The van der Waals surface area contributed by atoms with E-state index in [1.165, 1.54) is 6.42 Å². The van der Waals surface area contributed by atoms with Gasteiger partial charge in [-0.2, -0.15) is 0 Å². The van der Waals surface area contributed by atoms with Crippen LogP contribution in [-0.4, -0.2) is 72.7 Å². The molecule has 0 aliphatic carbocycles. The highest BCUT2D eigenvalue weighted by molar-refractivity contribution is 14.0. The summed E-state index contributed by atoms with van der Waals surface area (Å²) in [6, 6.07) is 0.594. The average molecular weight is 491 g/mol. The minimum Gasteiger partial charge on any atom is -0.443 e. The Hall–Kier alpha value is -0.870. The standard InChI is InChI=1S/C19H33N5O2.HI/c1-5-20-18(22-13-17-21-12-16(26-17)19(2,3)4)24-7-6-15(14-24)23-8-10-25-11-9-23;/h12,15H,5-11,13-14H2,1-4H3,(H,20,22);1H. The second-order valence-corrected chi connectivity index (χ2v) is 8.08. The topological polar surface area (TPSA) is 66.1 Å². The number of rotatable bonds is 4. The molecule has 2 aliphatic heterocycles. The number of aromatic nitrogens is 1. The van der Waals surface area contributed by atoms with Crippen LogP contribution in [0.2, 0.25) is 0 Å². The minimum absolute atomic E-state index is 0. The van der Waals surface area contributed by atoms with Gasteiger partial charge in [0.15, 0.2) is 5.96 Å². The van der Waals surface area contributed by atoms with Crippen molar-refractivity contribution in [2.75, 3.05) is 45.9 Å². The number of guanidine groups is 1. The van der Waals surface area contributed by atoms with Crippen molar-refractivity contribution in [2.24, 2.45) is 4.99 Å². The van der Waals surface area contributed by atoms with Gasteiger partial charge in [0.05, 0.1) is 19.4 Å². The van der Waals surface area contributed by atoms with Crippen molar-refractivity contribution < 1.29 is 9.15 Å². The molecule has 0 bridgehead atoms. The van der Waals surface area contributed by atoms with E-state index in [0.29, 0.717) is 18.5 Å². The van der Waals surface area contributed by atoms with Gasteiger partial charge in [-0.05, 0) is 13.3 Å². The molecule has 1 atom stereocenters. The quantitative estimate of drug-likeness (QED) is 0.397. The molecule has 154 valence electrons. The summed E-state index contributed by atoms with van der Waals surface area (Å²) in [5, 5.41) is 3.42. The lowest BCUT2D eigenvalue weighted by atomic mass is 9.94. The molecule has 27 heavy (non-hydrogen) atoms. The Bertz CT molecular complexity index is 607. The van der Waals surface area contributed by atoms with Gasteiger partial charge < -0.3 is 19.4 Å². The Balaban J connectivity index is 0.00000261. The number of likely N-dealkylation sites (tertiary alicyclic amines) is 1. The van der Waals surface area contributed by atoms with Crippen LogP contribution in [0.4, 0.5) is 0 Å². The fourth-order valence-electron chi connectivity index (χ4n) is 3.47. The maximum absolute atomic E-state index is 5.87. The molecule has 0 spiro atoms. The largest absolute Gasteiger partial charge is 0.443 e. The molecule has 2 saturated heterocycles. The molecule has 1 N–H and O–H groups in total. The fourth-order valence-corrected chi connectivity index (χ4v) is 3.47. The monoisotopic (exact) mass is 491 g/mol. The van der Waals surface area contributed by atoms with Crippen molar-refractivity contribution in [3.8, 4) is 0 Å². The van der Waals surface area contributed by atoms with Gasteiger partial charge in [-0.3, -0.25) is 4.90 Å². The van der Waals surface area contributed by atoms with E-state index in [2.05, 4.69) is 47.8 Å². The van der Waals surface area contributed by atoms with Gasteiger partial charge in [0.2, 0.25) is 5.89 Å². The second-order valence-electron chi connectivity index (χ2n) is 8.08. The van der Waals surface area contributed by atoms with Gasteiger partial charge in [-0.15, -0.1) is 24.0 Å². The first-order valence-electron chi connectivity index (χ1n) is 9.77. The SMILES string of the molecule is CCNC(=NCc1ncc(C(C)(C)C)o1)N1CCC(N2CCOCC2)C1.I. The van der Waals surface area contributed by atoms with Crippen LogP contribution in [0.25, 0.3) is 0 Å². The summed E-state index contributed by atoms with van der Waals surface area (Å²) < 4.78 is 11.3. The molecule has 3 heterocycles. The van der Waals surface area contributed by atoms with E-state index in [1.54, 1.807) is 0 Å². The number of morpholine rings is 1. The minimum atomic E-state index is -0.0280. The second kappa shape index (κ2) is 10.1. The maximum Gasteiger partial charge on any atom is 0.216 e. The summed E-state index contributed by atoms with van der Waals surface area (Å²) in [7, 11) is 0. The van der Waals surface area contributed by atoms with E-state index < -0.39 is 0 Å². The average Bonchev–Trinajstić information content (AvgIpc) is 3.29. The fraction of sp³-hybridized carbons (Fsp3) is 0.789. The highest BCUT2D eigenvalue weighted by atomic mass is 127. The number of aliphatic imine (C=N–C) groups is 1. The molecule has 0 radical (unpaired) electrons. The third-order valence-electron chi connectivity index (χ3n) is 5.02. The van der Waals surface area contributed by atoms with E-state index in [4.69, 9.17) is 14.1 Å². The Kier molecular flexibility index (Phi) is 8.36. The van der Waals surface area contributed by atoms with Gasteiger partial charge >= 0.3 is 0 Å². The molecule has 1 aromatic heterocycles. The molecule has 7 nitrogen and oxygen atoms in total. The summed E-state index contributed by atoms with van der Waals surface area (Å²) in [6.07, 6.45) is 3.00. The number of hydrogen-bond acceptors (Lipinski definition) is 5. The maximum atomic E-state index is 5.87. The van der Waals surface area contributed by atoms with Gasteiger partial charge in [0.25, 0.3) is 0 Å². The van der Waals surface area contributed by atoms with Crippen molar-refractivity contribution in [3.05, 3.63) is 17.8 Å². The van der Waals surface area contributed by atoms with Gasteiger partial charge in [-0.1, -0.05) is 20.8 Å². The molecule has 0 saturated carbocycles. The predicted octanol–water partition coefficient (Wildman–Crippen LogP) is 2.46. The van der Waals surface area contributed by atoms with Crippen molar-refractivity contribution in [1.82, 2.24) is 20.1 Å². The lowest BCUT2D eigenvalue weighted by Gasteiger charge is -2.32. The highest BCUT2D eigenvalue weighted by Gasteiger charge is 2.30. The van der Waals surface area contributed by atoms with Gasteiger partial charge in [0, 0.05) is 44.2 Å². The molecule has 0 amide bonds. The Morgan fingerprint density at radius 3 is 2.67 bits per heavy atom. The molecule has 3 rings (SSSR count). The van der Waals surface area contributed by atoms with Gasteiger partial charge in [0.1, 0.15) is 12.3 Å². The zero-order valence-electron chi connectivity index (χ0n) is 17.0. The summed E-state index contributed by atoms with van der Waals surface area (Å²) in [4.78, 5) is 14.1. The number of ether oxygens (including phenoxy) is 1. The van der Waals surface area contributed by atoms with Crippen molar-refractivity contribution in [1.29, 1.82) is 0 Å². The Morgan fingerprint density at radius 2 is 2.04 bits per heavy atom. The van der Waals surface area contributed by atoms with Crippen molar-refractivity contribution in [2.45, 2.75) is 52.1 Å². The van der Waals surface area contributed by atoms with E-state index in [9.17, 15) is 0 Å². The van der Waals surface area contributed by atoms with Crippen LogP contribution < -0.4 is 5.32 Å². The summed E-state index contributed by atoms with van der Waals surface area (Å²) in [5.74, 6) is 2.54. The first-order chi connectivity index (χ1) is 12.5. The molecule has 2 aliphatic rings.